The molecule has 0 saturated heterocycles. The van der Waals surface area contributed by atoms with Crippen molar-refractivity contribution in [3.05, 3.63) is 59.7 Å². The van der Waals surface area contributed by atoms with Gasteiger partial charge in [-0.3, -0.25) is 0 Å². The van der Waals surface area contributed by atoms with Crippen LogP contribution in [0.2, 0.25) is 0 Å². The van der Waals surface area contributed by atoms with E-state index in [0.717, 1.165) is 6.07 Å². The molecule has 0 heterocycles. The fourth-order valence-corrected chi connectivity index (χ4v) is 1.62. The minimum absolute atomic E-state index is 0.0551. The number of ether oxygens (including phenoxy) is 2. The monoisotopic (exact) mass is 280 g/mol. The molecule has 3 nitrogen and oxygen atoms in total. The van der Waals surface area contributed by atoms with Gasteiger partial charge < -0.3 is 14.6 Å². The van der Waals surface area contributed by atoms with Gasteiger partial charge in [-0.25, -0.2) is 8.78 Å². The van der Waals surface area contributed by atoms with Crippen LogP contribution < -0.4 is 9.47 Å². The summed E-state index contributed by atoms with van der Waals surface area (Å²) in [5.41, 5.74) is 0.158. The predicted octanol–water partition coefficient (Wildman–Crippen LogP) is 2.91. The molecule has 0 amide bonds. The fraction of sp³-hybridized carbons (Fsp3) is 0.200. The molecule has 0 saturated carbocycles. The van der Waals surface area contributed by atoms with Crippen molar-refractivity contribution in [2.75, 3.05) is 13.2 Å². The van der Waals surface area contributed by atoms with E-state index < -0.39 is 11.6 Å². The Morgan fingerprint density at radius 1 is 0.900 bits per heavy atom. The maximum atomic E-state index is 13.4. The van der Waals surface area contributed by atoms with Gasteiger partial charge in [-0.15, -0.1) is 0 Å². The fourth-order valence-electron chi connectivity index (χ4n) is 1.62. The van der Waals surface area contributed by atoms with Crippen LogP contribution in [0.15, 0.2) is 42.5 Å². The van der Waals surface area contributed by atoms with Gasteiger partial charge in [0, 0.05) is 5.56 Å². The van der Waals surface area contributed by atoms with Gasteiger partial charge in [0.05, 0.1) is 6.61 Å². The number of halogens is 2. The lowest BCUT2D eigenvalue weighted by Gasteiger charge is -2.09. The van der Waals surface area contributed by atoms with Crippen LogP contribution in [0.25, 0.3) is 0 Å². The zero-order valence-corrected chi connectivity index (χ0v) is 10.7. The molecule has 2 rings (SSSR count). The molecule has 106 valence electrons. The van der Waals surface area contributed by atoms with Crippen molar-refractivity contribution in [3.8, 4) is 11.5 Å². The molecule has 1 N–H and O–H groups in total. The Bertz CT molecular complexity index is 556. The van der Waals surface area contributed by atoms with Crippen LogP contribution in [0.4, 0.5) is 8.78 Å². The van der Waals surface area contributed by atoms with Gasteiger partial charge in [-0.1, -0.05) is 12.1 Å². The first-order valence-corrected chi connectivity index (χ1v) is 6.10. The second kappa shape index (κ2) is 6.86. The molecular weight excluding hydrogens is 266 g/mol. The van der Waals surface area contributed by atoms with Crippen molar-refractivity contribution in [3.63, 3.8) is 0 Å². The van der Waals surface area contributed by atoms with Crippen molar-refractivity contribution in [2.24, 2.45) is 0 Å². The first-order valence-electron chi connectivity index (χ1n) is 6.10. The predicted molar refractivity (Wildman–Crippen MR) is 69.7 cm³/mol. The molecule has 0 unspecified atom stereocenters. The second-order valence-electron chi connectivity index (χ2n) is 4.05. The SMILES string of the molecule is OCCOc1ccc(OCc2cccc(F)c2F)cc1. The van der Waals surface area contributed by atoms with Gasteiger partial charge in [-0.2, -0.15) is 0 Å². The largest absolute Gasteiger partial charge is 0.491 e. The van der Waals surface area contributed by atoms with E-state index in [1.54, 1.807) is 24.3 Å². The van der Waals surface area contributed by atoms with Crippen LogP contribution in [-0.2, 0) is 6.61 Å². The molecule has 0 atom stereocenters. The summed E-state index contributed by atoms with van der Waals surface area (Å²) in [7, 11) is 0. The summed E-state index contributed by atoms with van der Waals surface area (Å²) in [6, 6.07) is 10.6. The Hall–Kier alpha value is -2.14. The van der Waals surface area contributed by atoms with Crippen LogP contribution in [0.1, 0.15) is 5.56 Å². The third-order valence-electron chi connectivity index (χ3n) is 2.61. The number of aliphatic hydroxyl groups excluding tert-OH is 1. The molecule has 0 aromatic heterocycles. The zero-order valence-electron chi connectivity index (χ0n) is 10.7. The summed E-state index contributed by atoms with van der Waals surface area (Å²) in [4.78, 5) is 0. The second-order valence-corrected chi connectivity index (χ2v) is 4.05. The summed E-state index contributed by atoms with van der Waals surface area (Å²) in [5, 5.41) is 8.63. The van der Waals surface area contributed by atoms with Crippen molar-refractivity contribution in [1.29, 1.82) is 0 Å². The summed E-state index contributed by atoms with van der Waals surface area (Å²) in [5.74, 6) is -0.664. The Labute approximate surface area is 115 Å². The van der Waals surface area contributed by atoms with E-state index in [2.05, 4.69) is 0 Å². The van der Waals surface area contributed by atoms with E-state index in [4.69, 9.17) is 14.6 Å². The Balaban J connectivity index is 1.95. The van der Waals surface area contributed by atoms with E-state index in [0.29, 0.717) is 11.5 Å². The first kappa shape index (κ1) is 14.3. The highest BCUT2D eigenvalue weighted by molar-refractivity contribution is 5.31. The normalized spacial score (nSPS) is 10.3. The molecule has 5 heteroatoms. The van der Waals surface area contributed by atoms with Gasteiger partial charge in [0.1, 0.15) is 24.7 Å². The molecule has 0 spiro atoms. The Kier molecular flexibility index (Phi) is 4.90. The van der Waals surface area contributed by atoms with Crippen LogP contribution in [0.3, 0.4) is 0 Å². The van der Waals surface area contributed by atoms with Crippen LogP contribution >= 0.6 is 0 Å². The number of aliphatic hydroxyl groups is 1. The average molecular weight is 280 g/mol. The van der Waals surface area contributed by atoms with Crippen molar-refractivity contribution in [2.45, 2.75) is 6.61 Å². The Morgan fingerprint density at radius 3 is 2.20 bits per heavy atom. The average Bonchev–Trinajstić information content (AvgIpc) is 2.48. The highest BCUT2D eigenvalue weighted by Crippen LogP contribution is 2.19. The molecule has 0 aliphatic carbocycles. The molecular formula is C15H14F2O3. The third-order valence-corrected chi connectivity index (χ3v) is 2.61. The van der Waals surface area contributed by atoms with Crippen molar-refractivity contribution < 1.29 is 23.4 Å². The van der Waals surface area contributed by atoms with E-state index in [1.165, 1.54) is 12.1 Å². The summed E-state index contributed by atoms with van der Waals surface area (Å²) >= 11 is 0. The summed E-state index contributed by atoms with van der Waals surface area (Å²) in [6.45, 7) is 0.103. The van der Waals surface area contributed by atoms with Crippen LogP contribution in [0, 0.1) is 11.6 Å². The number of hydrogen-bond acceptors (Lipinski definition) is 3. The quantitative estimate of drug-likeness (QED) is 0.884. The molecule has 2 aromatic rings. The lowest BCUT2D eigenvalue weighted by molar-refractivity contribution is 0.201. The van der Waals surface area contributed by atoms with Gasteiger partial charge in [0.25, 0.3) is 0 Å². The minimum Gasteiger partial charge on any atom is -0.491 e. The minimum atomic E-state index is -0.893. The lowest BCUT2D eigenvalue weighted by atomic mass is 10.2. The summed E-state index contributed by atoms with van der Waals surface area (Å²) < 4.78 is 37.0. The standard InChI is InChI=1S/C15H14F2O3/c16-14-3-1-2-11(15(14)17)10-20-13-6-4-12(5-7-13)19-9-8-18/h1-7,18H,8-10H2. The van der Waals surface area contributed by atoms with Crippen LogP contribution in [0.5, 0.6) is 11.5 Å². The molecule has 0 radical (unpaired) electrons. The highest BCUT2D eigenvalue weighted by atomic mass is 19.2. The van der Waals surface area contributed by atoms with Crippen LogP contribution in [-0.4, -0.2) is 18.3 Å². The van der Waals surface area contributed by atoms with Crippen molar-refractivity contribution >= 4 is 0 Å². The molecule has 0 aliphatic rings. The lowest BCUT2D eigenvalue weighted by Crippen LogP contribution is -2.02. The van der Waals surface area contributed by atoms with Gasteiger partial charge in [0.2, 0.25) is 0 Å². The molecule has 0 bridgehead atoms. The maximum absolute atomic E-state index is 13.4. The molecule has 20 heavy (non-hydrogen) atoms. The highest BCUT2D eigenvalue weighted by Gasteiger charge is 2.08. The van der Waals surface area contributed by atoms with E-state index >= 15 is 0 Å². The zero-order chi connectivity index (χ0) is 14.4. The van der Waals surface area contributed by atoms with Crippen molar-refractivity contribution in [1.82, 2.24) is 0 Å². The Morgan fingerprint density at radius 2 is 1.55 bits per heavy atom. The van der Waals surface area contributed by atoms with Gasteiger partial charge >= 0.3 is 0 Å². The van der Waals surface area contributed by atoms with E-state index in [1.807, 2.05) is 0 Å². The number of benzene rings is 2. The number of hydrogen-bond donors (Lipinski definition) is 1. The van der Waals surface area contributed by atoms with Gasteiger partial charge in [0.15, 0.2) is 11.6 Å². The van der Waals surface area contributed by atoms with E-state index in [-0.39, 0.29) is 25.4 Å². The molecule has 0 aliphatic heterocycles. The van der Waals surface area contributed by atoms with Gasteiger partial charge in [-0.05, 0) is 30.3 Å². The molecule has 2 aromatic carbocycles. The first-order chi connectivity index (χ1) is 9.70. The topological polar surface area (TPSA) is 38.7 Å². The maximum Gasteiger partial charge on any atom is 0.165 e. The smallest absolute Gasteiger partial charge is 0.165 e. The van der Waals surface area contributed by atoms with E-state index in [9.17, 15) is 8.78 Å². The molecule has 0 fully saturated rings. The number of rotatable bonds is 6. The third kappa shape index (κ3) is 3.68. The summed E-state index contributed by atoms with van der Waals surface area (Å²) in [6.07, 6.45) is 0.